The lowest BCUT2D eigenvalue weighted by Gasteiger charge is -2.29. The molecular formula is C21H26FN5. The van der Waals surface area contributed by atoms with E-state index in [0.717, 1.165) is 49.0 Å². The van der Waals surface area contributed by atoms with Gasteiger partial charge in [0.05, 0.1) is 16.7 Å². The van der Waals surface area contributed by atoms with E-state index in [1.54, 1.807) is 6.07 Å². The van der Waals surface area contributed by atoms with Gasteiger partial charge in [0.15, 0.2) is 0 Å². The summed E-state index contributed by atoms with van der Waals surface area (Å²) in [6.45, 7) is 0.670. The van der Waals surface area contributed by atoms with Crippen molar-refractivity contribution in [2.24, 2.45) is 5.73 Å². The minimum Gasteiger partial charge on any atom is -0.342 e. The van der Waals surface area contributed by atoms with Crippen molar-refractivity contribution in [3.8, 4) is 0 Å². The van der Waals surface area contributed by atoms with Crippen molar-refractivity contribution in [1.29, 1.82) is 0 Å². The number of nitrogens with two attached hydrogens (primary N) is 1. The lowest BCUT2D eigenvalue weighted by atomic mass is 9.91. The lowest BCUT2D eigenvalue weighted by Crippen LogP contribution is -2.37. The van der Waals surface area contributed by atoms with Crippen LogP contribution >= 0.6 is 0 Å². The molecule has 0 radical (unpaired) electrons. The molecule has 0 spiro atoms. The number of hydrogen-bond acceptors (Lipinski definition) is 4. The fraction of sp³-hybridized carbons (Fsp3) is 0.429. The average molecular weight is 367 g/mol. The number of rotatable bonds is 7. The number of aromatic amines is 1. The summed E-state index contributed by atoms with van der Waals surface area (Å²) in [4.78, 5) is 12.5. The monoisotopic (exact) mass is 367 g/mol. The van der Waals surface area contributed by atoms with Crippen LogP contribution in [0.2, 0.25) is 0 Å². The predicted octanol–water partition coefficient (Wildman–Crippen LogP) is 3.41. The van der Waals surface area contributed by atoms with Gasteiger partial charge < -0.3 is 16.0 Å². The van der Waals surface area contributed by atoms with Gasteiger partial charge in [-0.05, 0) is 68.5 Å². The summed E-state index contributed by atoms with van der Waals surface area (Å²) in [6.07, 6.45) is 7.92. The normalized spacial score (nSPS) is 17.8. The summed E-state index contributed by atoms with van der Waals surface area (Å²) in [5.74, 6) is 0.627. The highest BCUT2D eigenvalue weighted by atomic mass is 19.1. The van der Waals surface area contributed by atoms with Crippen LogP contribution in [0.25, 0.3) is 11.0 Å². The largest absolute Gasteiger partial charge is 0.342 e. The van der Waals surface area contributed by atoms with Gasteiger partial charge in [-0.2, -0.15) is 0 Å². The third-order valence-corrected chi connectivity index (χ3v) is 5.32. The maximum absolute atomic E-state index is 13.4. The standard InChI is InChI=1S/C21H26FN5/c22-15-8-9-17-19(12-15)27-20(26-17)13-16(6-2-10-23)25-18-7-1-4-14-5-3-11-24-21(14)18/h3,5,8-9,11-12,16,18,25H,1-2,4,6-7,10,13,23H2,(H,26,27). The van der Waals surface area contributed by atoms with E-state index in [0.29, 0.717) is 6.54 Å². The molecule has 4 rings (SSSR count). The maximum Gasteiger partial charge on any atom is 0.125 e. The Bertz CT molecular complexity index is 906. The maximum atomic E-state index is 13.4. The number of hydrogen-bond donors (Lipinski definition) is 3. The lowest BCUT2D eigenvalue weighted by molar-refractivity contribution is 0.363. The van der Waals surface area contributed by atoms with Crippen LogP contribution in [-0.4, -0.2) is 27.5 Å². The van der Waals surface area contributed by atoms with Crippen LogP contribution in [0.3, 0.4) is 0 Å². The second kappa shape index (κ2) is 8.15. The topological polar surface area (TPSA) is 79.6 Å². The van der Waals surface area contributed by atoms with E-state index >= 15 is 0 Å². The predicted molar refractivity (Wildman–Crippen MR) is 105 cm³/mol. The fourth-order valence-corrected chi connectivity index (χ4v) is 4.03. The zero-order valence-corrected chi connectivity index (χ0v) is 15.4. The quantitative estimate of drug-likeness (QED) is 0.598. The number of H-pyrrole nitrogens is 1. The van der Waals surface area contributed by atoms with Gasteiger partial charge in [0.1, 0.15) is 11.6 Å². The highest BCUT2D eigenvalue weighted by molar-refractivity contribution is 5.74. The number of nitrogens with one attached hydrogen (secondary N) is 2. The minimum absolute atomic E-state index is 0.247. The molecular weight excluding hydrogens is 341 g/mol. The highest BCUT2D eigenvalue weighted by Crippen LogP contribution is 2.28. The van der Waals surface area contributed by atoms with Crippen molar-refractivity contribution in [3.05, 3.63) is 59.4 Å². The molecule has 2 unspecified atom stereocenters. The summed E-state index contributed by atoms with van der Waals surface area (Å²) in [6, 6.07) is 9.36. The zero-order chi connectivity index (χ0) is 18.6. The van der Waals surface area contributed by atoms with Crippen LogP contribution in [0.15, 0.2) is 36.5 Å². The van der Waals surface area contributed by atoms with E-state index in [4.69, 9.17) is 5.73 Å². The SMILES string of the molecule is NCCCC(Cc1nc2ccc(F)cc2[nH]1)NC1CCCc2cccnc21. The third-order valence-electron chi connectivity index (χ3n) is 5.32. The number of aryl methyl sites for hydroxylation is 1. The van der Waals surface area contributed by atoms with Gasteiger partial charge >= 0.3 is 0 Å². The third kappa shape index (κ3) is 4.17. The molecule has 2 aromatic heterocycles. The van der Waals surface area contributed by atoms with Gasteiger partial charge in [-0.25, -0.2) is 9.37 Å². The molecule has 0 fully saturated rings. The number of imidazole rings is 1. The molecule has 27 heavy (non-hydrogen) atoms. The Morgan fingerprint density at radius 2 is 2.26 bits per heavy atom. The van der Waals surface area contributed by atoms with Crippen LogP contribution < -0.4 is 11.1 Å². The Kier molecular flexibility index (Phi) is 5.45. The number of halogens is 1. The van der Waals surface area contributed by atoms with Gasteiger partial charge in [0.2, 0.25) is 0 Å². The van der Waals surface area contributed by atoms with Gasteiger partial charge in [0, 0.05) is 24.7 Å². The van der Waals surface area contributed by atoms with Gasteiger partial charge in [0.25, 0.3) is 0 Å². The van der Waals surface area contributed by atoms with Crippen molar-refractivity contribution in [2.75, 3.05) is 6.54 Å². The molecule has 1 aliphatic rings. The number of nitrogens with zero attached hydrogens (tertiary/aromatic N) is 2. The van der Waals surface area contributed by atoms with Crippen LogP contribution in [0.1, 0.15) is 48.8 Å². The number of benzene rings is 1. The molecule has 0 aliphatic heterocycles. The van der Waals surface area contributed by atoms with Gasteiger partial charge in [-0.3, -0.25) is 4.98 Å². The van der Waals surface area contributed by atoms with Crippen molar-refractivity contribution < 1.29 is 4.39 Å². The smallest absolute Gasteiger partial charge is 0.125 e. The second-order valence-corrected chi connectivity index (χ2v) is 7.34. The molecule has 2 atom stereocenters. The first-order chi connectivity index (χ1) is 13.2. The number of aromatic nitrogens is 3. The molecule has 6 heteroatoms. The first-order valence-corrected chi connectivity index (χ1v) is 9.77. The molecule has 0 bridgehead atoms. The summed E-state index contributed by atoms with van der Waals surface area (Å²) >= 11 is 0. The molecule has 5 nitrogen and oxygen atoms in total. The molecule has 0 saturated heterocycles. The van der Waals surface area contributed by atoms with E-state index in [9.17, 15) is 4.39 Å². The van der Waals surface area contributed by atoms with E-state index in [2.05, 4.69) is 26.3 Å². The first kappa shape index (κ1) is 18.1. The fourth-order valence-electron chi connectivity index (χ4n) is 4.03. The molecule has 3 aromatic rings. The van der Waals surface area contributed by atoms with Crippen molar-refractivity contribution in [3.63, 3.8) is 0 Å². The van der Waals surface area contributed by atoms with Crippen LogP contribution in [0.5, 0.6) is 0 Å². The summed E-state index contributed by atoms with van der Waals surface area (Å²) < 4.78 is 13.4. The van der Waals surface area contributed by atoms with Crippen molar-refractivity contribution in [2.45, 2.75) is 50.6 Å². The highest BCUT2D eigenvalue weighted by Gasteiger charge is 2.24. The molecule has 2 heterocycles. The Labute approximate surface area is 158 Å². The van der Waals surface area contributed by atoms with Gasteiger partial charge in [-0.15, -0.1) is 0 Å². The van der Waals surface area contributed by atoms with E-state index in [1.165, 1.54) is 29.8 Å². The zero-order valence-electron chi connectivity index (χ0n) is 15.4. The van der Waals surface area contributed by atoms with Crippen LogP contribution in [-0.2, 0) is 12.8 Å². The Balaban J connectivity index is 1.52. The number of fused-ring (bicyclic) bond motifs is 2. The van der Waals surface area contributed by atoms with E-state index in [-0.39, 0.29) is 17.9 Å². The Hall–Kier alpha value is -2.31. The van der Waals surface area contributed by atoms with Crippen LogP contribution in [0.4, 0.5) is 4.39 Å². The molecule has 0 saturated carbocycles. The van der Waals surface area contributed by atoms with E-state index < -0.39 is 0 Å². The summed E-state index contributed by atoms with van der Waals surface area (Å²) in [5, 5.41) is 3.80. The minimum atomic E-state index is -0.250. The Morgan fingerprint density at radius 3 is 3.15 bits per heavy atom. The molecule has 1 aliphatic carbocycles. The van der Waals surface area contributed by atoms with E-state index in [1.807, 2.05) is 12.3 Å². The van der Waals surface area contributed by atoms with Crippen molar-refractivity contribution >= 4 is 11.0 Å². The van der Waals surface area contributed by atoms with Crippen molar-refractivity contribution in [1.82, 2.24) is 20.3 Å². The molecule has 1 aromatic carbocycles. The first-order valence-electron chi connectivity index (χ1n) is 9.77. The Morgan fingerprint density at radius 1 is 1.33 bits per heavy atom. The van der Waals surface area contributed by atoms with Gasteiger partial charge in [-0.1, -0.05) is 6.07 Å². The van der Waals surface area contributed by atoms with Crippen LogP contribution in [0, 0.1) is 5.82 Å². The molecule has 142 valence electrons. The molecule has 0 amide bonds. The second-order valence-electron chi connectivity index (χ2n) is 7.34. The average Bonchev–Trinajstić information content (AvgIpc) is 3.07. The molecule has 4 N–H and O–H groups in total. The summed E-state index contributed by atoms with van der Waals surface area (Å²) in [7, 11) is 0. The summed E-state index contributed by atoms with van der Waals surface area (Å²) in [5.41, 5.74) is 9.81. The number of pyridine rings is 1.